The first-order valence-corrected chi connectivity index (χ1v) is 6.32. The van der Waals surface area contributed by atoms with Crippen LogP contribution in [0.5, 0.6) is 5.75 Å². The average molecular weight is 274 g/mol. The number of alkyl halides is 1. The van der Waals surface area contributed by atoms with E-state index in [4.69, 9.17) is 11.6 Å². The summed E-state index contributed by atoms with van der Waals surface area (Å²) in [6.07, 6.45) is 0.727. The quantitative estimate of drug-likeness (QED) is 0.811. The molecule has 1 rings (SSSR count). The van der Waals surface area contributed by atoms with E-state index in [-0.39, 0.29) is 23.2 Å². The number of benzene rings is 1. The highest BCUT2D eigenvalue weighted by molar-refractivity contribution is 6.18. The zero-order chi connectivity index (χ0) is 13.7. The summed E-state index contributed by atoms with van der Waals surface area (Å²) < 4.78 is 13.0. The fraction of sp³-hybridized carbons (Fsp3) is 0.462. The number of hydrogen-bond donors (Lipinski definition) is 2. The van der Waals surface area contributed by atoms with Gasteiger partial charge in [0.2, 0.25) is 0 Å². The molecule has 0 heterocycles. The number of rotatable bonds is 5. The standard InChI is InChI=1S/C13H17ClFNO2/c1-8(2)5-10(7-14)16-13(18)11-6-9(15)3-4-12(11)17/h3-4,6,8,10,17H,5,7H2,1-2H3,(H,16,18). The van der Waals surface area contributed by atoms with Crippen LogP contribution >= 0.6 is 11.6 Å². The second-order valence-corrected chi connectivity index (χ2v) is 4.92. The highest BCUT2D eigenvalue weighted by Gasteiger charge is 2.17. The Bertz CT molecular complexity index is 423. The Kier molecular flexibility index (Phi) is 5.41. The first-order chi connectivity index (χ1) is 8.43. The molecule has 2 N–H and O–H groups in total. The van der Waals surface area contributed by atoms with Crippen LogP contribution in [0.15, 0.2) is 18.2 Å². The fourth-order valence-corrected chi connectivity index (χ4v) is 1.89. The van der Waals surface area contributed by atoms with Crippen molar-refractivity contribution in [3.63, 3.8) is 0 Å². The van der Waals surface area contributed by atoms with Crippen LogP contribution < -0.4 is 5.32 Å². The molecule has 0 radical (unpaired) electrons. The molecule has 1 unspecified atom stereocenters. The summed E-state index contributed by atoms with van der Waals surface area (Å²) in [5, 5.41) is 12.2. The minimum atomic E-state index is -0.566. The summed E-state index contributed by atoms with van der Waals surface area (Å²) in [5.74, 6) is -0.663. The molecule has 3 nitrogen and oxygen atoms in total. The molecule has 1 amide bonds. The number of nitrogens with one attached hydrogen (secondary N) is 1. The van der Waals surface area contributed by atoms with Crippen LogP contribution in [0.1, 0.15) is 30.6 Å². The molecule has 0 saturated heterocycles. The molecular weight excluding hydrogens is 257 g/mol. The molecule has 1 atom stereocenters. The van der Waals surface area contributed by atoms with E-state index in [0.29, 0.717) is 5.92 Å². The first kappa shape index (κ1) is 14.8. The van der Waals surface area contributed by atoms with Crippen molar-refractivity contribution in [2.75, 3.05) is 5.88 Å². The maximum atomic E-state index is 13.0. The van der Waals surface area contributed by atoms with Gasteiger partial charge < -0.3 is 10.4 Å². The maximum Gasteiger partial charge on any atom is 0.255 e. The molecule has 0 aliphatic heterocycles. The van der Waals surface area contributed by atoms with Crippen LogP contribution in [0, 0.1) is 11.7 Å². The van der Waals surface area contributed by atoms with Crippen molar-refractivity contribution < 1.29 is 14.3 Å². The zero-order valence-electron chi connectivity index (χ0n) is 10.4. The van der Waals surface area contributed by atoms with Gasteiger partial charge in [-0.05, 0) is 30.5 Å². The van der Waals surface area contributed by atoms with E-state index in [1.165, 1.54) is 0 Å². The van der Waals surface area contributed by atoms with Crippen LogP contribution in [0.2, 0.25) is 0 Å². The van der Waals surface area contributed by atoms with Gasteiger partial charge in [0.05, 0.1) is 5.56 Å². The number of halogens is 2. The Balaban J connectivity index is 2.77. The third kappa shape index (κ3) is 4.18. The number of phenols is 1. The van der Waals surface area contributed by atoms with Crippen molar-refractivity contribution in [2.45, 2.75) is 26.3 Å². The Hall–Kier alpha value is -1.29. The summed E-state index contributed by atoms with van der Waals surface area (Å²) in [6, 6.07) is 3.06. The van der Waals surface area contributed by atoms with Crippen molar-refractivity contribution in [1.29, 1.82) is 0 Å². The van der Waals surface area contributed by atoms with Gasteiger partial charge >= 0.3 is 0 Å². The van der Waals surface area contributed by atoms with Gasteiger partial charge in [-0.2, -0.15) is 0 Å². The predicted molar refractivity (Wildman–Crippen MR) is 69.5 cm³/mol. The Morgan fingerprint density at radius 2 is 2.17 bits per heavy atom. The lowest BCUT2D eigenvalue weighted by Gasteiger charge is -2.18. The van der Waals surface area contributed by atoms with E-state index < -0.39 is 11.7 Å². The van der Waals surface area contributed by atoms with Gasteiger partial charge in [-0.1, -0.05) is 13.8 Å². The van der Waals surface area contributed by atoms with Gasteiger partial charge in [-0.15, -0.1) is 11.6 Å². The van der Waals surface area contributed by atoms with Gasteiger partial charge in [0.25, 0.3) is 5.91 Å². The molecule has 0 aliphatic carbocycles. The Morgan fingerprint density at radius 3 is 2.72 bits per heavy atom. The van der Waals surface area contributed by atoms with Crippen molar-refractivity contribution in [1.82, 2.24) is 5.32 Å². The number of carbonyl (C=O) groups is 1. The lowest BCUT2D eigenvalue weighted by molar-refractivity contribution is 0.0933. The molecule has 0 aromatic heterocycles. The smallest absolute Gasteiger partial charge is 0.255 e. The van der Waals surface area contributed by atoms with E-state index in [0.717, 1.165) is 24.6 Å². The third-order valence-corrected chi connectivity index (χ3v) is 2.85. The highest BCUT2D eigenvalue weighted by atomic mass is 35.5. The van der Waals surface area contributed by atoms with Gasteiger partial charge in [-0.3, -0.25) is 4.79 Å². The summed E-state index contributed by atoms with van der Waals surface area (Å²) in [7, 11) is 0. The molecule has 18 heavy (non-hydrogen) atoms. The fourth-order valence-electron chi connectivity index (χ4n) is 1.68. The number of carbonyl (C=O) groups excluding carboxylic acids is 1. The van der Waals surface area contributed by atoms with Gasteiger partial charge in [-0.25, -0.2) is 4.39 Å². The van der Waals surface area contributed by atoms with Crippen LogP contribution in [0.4, 0.5) is 4.39 Å². The average Bonchev–Trinajstić information content (AvgIpc) is 2.30. The van der Waals surface area contributed by atoms with Gasteiger partial charge in [0, 0.05) is 11.9 Å². The first-order valence-electron chi connectivity index (χ1n) is 5.79. The van der Waals surface area contributed by atoms with Crippen LogP contribution in [-0.2, 0) is 0 Å². The molecule has 0 saturated carbocycles. The molecule has 0 spiro atoms. The van der Waals surface area contributed by atoms with Crippen molar-refractivity contribution in [3.8, 4) is 5.75 Å². The molecular formula is C13H17ClFNO2. The van der Waals surface area contributed by atoms with Crippen LogP contribution in [0.3, 0.4) is 0 Å². The largest absolute Gasteiger partial charge is 0.507 e. The molecule has 0 fully saturated rings. The minimum absolute atomic E-state index is 0.0751. The van der Waals surface area contributed by atoms with E-state index >= 15 is 0 Å². The predicted octanol–water partition coefficient (Wildman–Crippen LogP) is 2.91. The normalized spacial score (nSPS) is 12.5. The monoisotopic (exact) mass is 273 g/mol. The van der Waals surface area contributed by atoms with Crippen LogP contribution in [-0.4, -0.2) is 22.9 Å². The third-order valence-electron chi connectivity index (χ3n) is 2.48. The van der Waals surface area contributed by atoms with Gasteiger partial charge in [0.1, 0.15) is 11.6 Å². The summed E-state index contributed by atoms with van der Waals surface area (Å²) in [4.78, 5) is 11.9. The summed E-state index contributed by atoms with van der Waals surface area (Å²) in [5.41, 5.74) is -0.0751. The second-order valence-electron chi connectivity index (χ2n) is 4.62. The van der Waals surface area contributed by atoms with Crippen LogP contribution in [0.25, 0.3) is 0 Å². The second kappa shape index (κ2) is 6.59. The van der Waals surface area contributed by atoms with E-state index in [2.05, 4.69) is 5.32 Å². The minimum Gasteiger partial charge on any atom is -0.507 e. The summed E-state index contributed by atoms with van der Waals surface area (Å²) >= 11 is 5.76. The van der Waals surface area contributed by atoms with E-state index in [1.54, 1.807) is 0 Å². The molecule has 0 aliphatic rings. The lowest BCUT2D eigenvalue weighted by Crippen LogP contribution is -2.37. The lowest BCUT2D eigenvalue weighted by atomic mass is 10.0. The SMILES string of the molecule is CC(C)CC(CCl)NC(=O)c1cc(F)ccc1O. The Labute approximate surface area is 111 Å². The van der Waals surface area contributed by atoms with Crippen molar-refractivity contribution in [2.24, 2.45) is 5.92 Å². The molecule has 0 bridgehead atoms. The molecule has 1 aromatic carbocycles. The number of amides is 1. The van der Waals surface area contributed by atoms with Crippen molar-refractivity contribution in [3.05, 3.63) is 29.6 Å². The molecule has 1 aromatic rings. The van der Waals surface area contributed by atoms with E-state index in [1.807, 2.05) is 13.8 Å². The summed E-state index contributed by atoms with van der Waals surface area (Å²) in [6.45, 7) is 4.04. The number of hydrogen-bond acceptors (Lipinski definition) is 2. The molecule has 100 valence electrons. The Morgan fingerprint density at radius 1 is 1.50 bits per heavy atom. The zero-order valence-corrected chi connectivity index (χ0v) is 11.2. The van der Waals surface area contributed by atoms with E-state index in [9.17, 15) is 14.3 Å². The van der Waals surface area contributed by atoms with Gasteiger partial charge in [0.15, 0.2) is 0 Å². The number of phenolic OH excluding ortho intramolecular Hbond substituents is 1. The highest BCUT2D eigenvalue weighted by Crippen LogP contribution is 2.18. The molecule has 5 heteroatoms. The maximum absolute atomic E-state index is 13.0. The number of aromatic hydroxyl groups is 1. The topological polar surface area (TPSA) is 49.3 Å². The van der Waals surface area contributed by atoms with Crippen molar-refractivity contribution >= 4 is 17.5 Å².